The molecule has 0 spiro atoms. The summed E-state index contributed by atoms with van der Waals surface area (Å²) in [5.41, 5.74) is 0.205. The van der Waals surface area contributed by atoms with Crippen LogP contribution in [0.15, 0.2) is 32.9 Å². The zero-order valence-electron chi connectivity index (χ0n) is 14.5. The van der Waals surface area contributed by atoms with E-state index in [1.54, 1.807) is 6.07 Å². The zero-order valence-corrected chi connectivity index (χ0v) is 17.0. The number of anilines is 2. The van der Waals surface area contributed by atoms with Crippen molar-refractivity contribution in [3.8, 4) is 0 Å². The molecule has 6 nitrogen and oxygen atoms in total. The van der Waals surface area contributed by atoms with Gasteiger partial charge in [0.05, 0.1) is 23.5 Å². The van der Waals surface area contributed by atoms with Crippen molar-refractivity contribution in [3.63, 3.8) is 0 Å². The van der Waals surface area contributed by atoms with Crippen molar-refractivity contribution >= 4 is 58.0 Å². The number of carbonyl (C=O) groups excluding carboxylic acids is 2. The Kier molecular flexibility index (Phi) is 6.50. The first-order valence-corrected chi connectivity index (χ1v) is 10.9. The lowest BCUT2D eigenvalue weighted by molar-refractivity contribution is -0.157. The Balaban J connectivity index is 1.86. The van der Waals surface area contributed by atoms with E-state index in [0.29, 0.717) is 9.24 Å². The Labute approximate surface area is 171 Å². The Morgan fingerprint density at radius 2 is 1.96 bits per heavy atom. The summed E-state index contributed by atoms with van der Waals surface area (Å²) in [5, 5.41) is 10.3. The predicted octanol–water partition coefficient (Wildman–Crippen LogP) is 4.05. The highest BCUT2D eigenvalue weighted by Crippen LogP contribution is 2.38. The molecule has 12 heteroatoms. The molecule has 0 saturated carbocycles. The second-order valence-electron chi connectivity index (χ2n) is 5.65. The number of hydrogen-bond acceptors (Lipinski definition) is 7. The van der Waals surface area contributed by atoms with E-state index < -0.39 is 30.5 Å². The van der Waals surface area contributed by atoms with Gasteiger partial charge < -0.3 is 5.32 Å². The summed E-state index contributed by atoms with van der Waals surface area (Å²) >= 11 is 3.82. The topological polar surface area (TPSA) is 75.2 Å². The molecule has 0 unspecified atom stereocenters. The van der Waals surface area contributed by atoms with Gasteiger partial charge in [0.1, 0.15) is 6.04 Å². The van der Waals surface area contributed by atoms with E-state index in [1.165, 1.54) is 41.3 Å². The number of nitrogens with zero attached hydrogens (tertiary/aromatic N) is 3. The van der Waals surface area contributed by atoms with Crippen molar-refractivity contribution < 1.29 is 22.8 Å². The summed E-state index contributed by atoms with van der Waals surface area (Å²) in [6.45, 7) is 1.96. The van der Waals surface area contributed by atoms with E-state index in [9.17, 15) is 22.8 Å². The highest BCUT2D eigenvalue weighted by Gasteiger charge is 2.48. The summed E-state index contributed by atoms with van der Waals surface area (Å²) in [5.74, 6) is -0.975. The Bertz CT molecular complexity index is 875. The van der Waals surface area contributed by atoms with Crippen molar-refractivity contribution in [1.29, 1.82) is 0 Å². The standard InChI is InChI=1S/C16H15F3N4O2S3/c1-2-26-14-21-22-15(28-14)27-8-13(25)23-10-6-4-3-5-9(10)20-12(24)7-11(23)16(17,18)19/h3-6,11H,2,7-8H2,1H3,(H,20,24)/t11-/m1/s1. The number of aromatic nitrogens is 2. The van der Waals surface area contributed by atoms with Gasteiger partial charge in [-0.2, -0.15) is 13.2 Å². The highest BCUT2D eigenvalue weighted by molar-refractivity contribution is 8.03. The van der Waals surface area contributed by atoms with Crippen LogP contribution in [0.3, 0.4) is 0 Å². The van der Waals surface area contributed by atoms with E-state index >= 15 is 0 Å². The van der Waals surface area contributed by atoms with Gasteiger partial charge in [0, 0.05) is 0 Å². The number of alkyl halides is 3. The molecule has 1 aliphatic heterocycles. The first-order valence-electron chi connectivity index (χ1n) is 8.16. The largest absolute Gasteiger partial charge is 0.409 e. The van der Waals surface area contributed by atoms with Crippen LogP contribution < -0.4 is 10.2 Å². The minimum Gasteiger partial charge on any atom is -0.324 e. The lowest BCUT2D eigenvalue weighted by Crippen LogP contribution is -2.50. The van der Waals surface area contributed by atoms with Gasteiger partial charge in [-0.05, 0) is 17.9 Å². The van der Waals surface area contributed by atoms with E-state index in [1.807, 2.05) is 6.92 Å². The maximum Gasteiger partial charge on any atom is 0.409 e. The minimum atomic E-state index is -4.75. The van der Waals surface area contributed by atoms with E-state index in [2.05, 4.69) is 15.5 Å². The summed E-state index contributed by atoms with van der Waals surface area (Å²) in [6.07, 6.45) is -5.60. The lowest BCUT2D eigenvalue weighted by atomic mass is 10.1. The first kappa shape index (κ1) is 20.9. The average Bonchev–Trinajstić information content (AvgIpc) is 3.01. The number of rotatable bonds is 5. The number of benzene rings is 1. The smallest absolute Gasteiger partial charge is 0.324 e. The molecule has 0 fully saturated rings. The lowest BCUT2D eigenvalue weighted by Gasteiger charge is -2.31. The maximum atomic E-state index is 13.6. The number of amides is 2. The van der Waals surface area contributed by atoms with Crippen LogP contribution in [0.5, 0.6) is 0 Å². The van der Waals surface area contributed by atoms with Gasteiger partial charge in [-0.3, -0.25) is 14.5 Å². The molecule has 0 bridgehead atoms. The van der Waals surface area contributed by atoms with Gasteiger partial charge in [0.25, 0.3) is 0 Å². The van der Waals surface area contributed by atoms with Crippen molar-refractivity contribution in [2.24, 2.45) is 0 Å². The fourth-order valence-corrected chi connectivity index (χ4v) is 5.40. The first-order chi connectivity index (χ1) is 13.3. The molecule has 3 rings (SSSR count). The molecule has 1 aliphatic rings. The van der Waals surface area contributed by atoms with E-state index in [4.69, 9.17) is 0 Å². The van der Waals surface area contributed by atoms with Crippen LogP contribution in [-0.4, -0.2) is 45.7 Å². The molecule has 1 atom stereocenters. The van der Waals surface area contributed by atoms with E-state index in [-0.39, 0.29) is 17.1 Å². The summed E-state index contributed by atoms with van der Waals surface area (Å²) in [7, 11) is 0. The SMILES string of the molecule is CCSc1nnc(SCC(=O)N2c3ccccc3NC(=O)C[C@@H]2C(F)(F)F)s1. The third-order valence-electron chi connectivity index (χ3n) is 3.75. The van der Waals surface area contributed by atoms with Crippen molar-refractivity contribution in [3.05, 3.63) is 24.3 Å². The van der Waals surface area contributed by atoms with Gasteiger partial charge in [0.15, 0.2) is 8.68 Å². The fraction of sp³-hybridized carbons (Fsp3) is 0.375. The summed E-state index contributed by atoms with van der Waals surface area (Å²) in [6, 6.07) is 3.74. The Morgan fingerprint density at radius 1 is 1.29 bits per heavy atom. The van der Waals surface area contributed by atoms with Crippen molar-refractivity contribution in [2.75, 3.05) is 21.7 Å². The molecule has 0 saturated heterocycles. The zero-order chi connectivity index (χ0) is 20.3. The molecule has 0 aliphatic carbocycles. The summed E-state index contributed by atoms with van der Waals surface area (Å²) < 4.78 is 42.2. The number of thioether (sulfide) groups is 2. The van der Waals surface area contributed by atoms with Crippen LogP contribution in [-0.2, 0) is 9.59 Å². The number of nitrogens with one attached hydrogen (secondary N) is 1. The third kappa shape index (κ3) is 4.78. The summed E-state index contributed by atoms with van der Waals surface area (Å²) in [4.78, 5) is 25.4. The van der Waals surface area contributed by atoms with Gasteiger partial charge >= 0.3 is 6.18 Å². The second-order valence-corrected chi connectivity index (χ2v) is 9.36. The minimum absolute atomic E-state index is 0.0285. The molecule has 150 valence electrons. The molecule has 0 radical (unpaired) electrons. The molecular weight excluding hydrogens is 433 g/mol. The Morgan fingerprint density at radius 3 is 2.64 bits per heavy atom. The number of carbonyl (C=O) groups is 2. The molecule has 2 amide bonds. The number of fused-ring (bicyclic) bond motifs is 1. The quantitative estimate of drug-likeness (QED) is 0.696. The van der Waals surface area contributed by atoms with Crippen LogP contribution in [0, 0.1) is 0 Å². The number of para-hydroxylation sites is 2. The van der Waals surface area contributed by atoms with Crippen LogP contribution in [0.2, 0.25) is 0 Å². The monoisotopic (exact) mass is 448 g/mol. The van der Waals surface area contributed by atoms with Gasteiger partial charge in [0.2, 0.25) is 11.8 Å². The molecule has 28 heavy (non-hydrogen) atoms. The van der Waals surface area contributed by atoms with Crippen LogP contribution in [0.1, 0.15) is 13.3 Å². The maximum absolute atomic E-state index is 13.6. The predicted molar refractivity (Wildman–Crippen MR) is 104 cm³/mol. The molecular formula is C16H15F3N4O2S3. The van der Waals surface area contributed by atoms with Crippen molar-refractivity contribution in [2.45, 2.75) is 34.2 Å². The van der Waals surface area contributed by atoms with Gasteiger partial charge in [-0.15, -0.1) is 10.2 Å². The van der Waals surface area contributed by atoms with Crippen LogP contribution >= 0.6 is 34.9 Å². The van der Waals surface area contributed by atoms with E-state index in [0.717, 1.165) is 21.9 Å². The second kappa shape index (κ2) is 8.70. The van der Waals surface area contributed by atoms with Crippen LogP contribution in [0.4, 0.5) is 24.5 Å². The van der Waals surface area contributed by atoms with Gasteiger partial charge in [-0.1, -0.05) is 53.9 Å². The van der Waals surface area contributed by atoms with Gasteiger partial charge in [-0.25, -0.2) is 0 Å². The Hall–Kier alpha value is -1.79. The normalized spacial score (nSPS) is 17.1. The molecule has 1 N–H and O–H groups in total. The molecule has 1 aromatic carbocycles. The van der Waals surface area contributed by atoms with Crippen LogP contribution in [0.25, 0.3) is 0 Å². The van der Waals surface area contributed by atoms with Crippen molar-refractivity contribution in [1.82, 2.24) is 10.2 Å². The number of hydrogen-bond donors (Lipinski definition) is 1. The molecule has 2 heterocycles. The number of halogens is 3. The fourth-order valence-electron chi connectivity index (χ4n) is 2.63. The third-order valence-corrected chi connectivity index (χ3v) is 6.81. The average molecular weight is 449 g/mol. The molecule has 2 aromatic rings. The molecule has 1 aromatic heterocycles. The highest BCUT2D eigenvalue weighted by atomic mass is 32.2.